The Balaban J connectivity index is 1.47. The molecule has 0 aliphatic rings. The number of hydrogen-bond acceptors (Lipinski definition) is 2. The second-order valence-electron chi connectivity index (χ2n) is 7.88. The third kappa shape index (κ3) is 5.08. The van der Waals surface area contributed by atoms with Crippen molar-refractivity contribution in [3.63, 3.8) is 0 Å². The monoisotopic (exact) mass is 557 g/mol. The van der Waals surface area contributed by atoms with Crippen molar-refractivity contribution in [1.29, 1.82) is 0 Å². The smallest absolute Gasteiger partial charge is 0.333 e. The standard InChI is InChI=1S/C26H25Br2NO3/c1-2-32-25(26(30)31)14-18-7-5-17(6-8-18)4-3-13-29-23-11-9-19(27)15-21(23)22-16-20(28)10-12-24(22)29/h5-12,15-16,25H,2-4,13-14H2,1H3,(H,30,31)/t25-/m0/s1. The van der Waals surface area contributed by atoms with E-state index in [4.69, 9.17) is 4.74 Å². The maximum Gasteiger partial charge on any atom is 0.333 e. The first-order valence-corrected chi connectivity index (χ1v) is 12.3. The van der Waals surface area contributed by atoms with E-state index < -0.39 is 12.1 Å². The zero-order chi connectivity index (χ0) is 22.7. The van der Waals surface area contributed by atoms with Crippen molar-refractivity contribution in [2.24, 2.45) is 0 Å². The lowest BCUT2D eigenvalue weighted by Gasteiger charge is -2.13. The Bertz CT molecular complexity index is 1190. The summed E-state index contributed by atoms with van der Waals surface area (Å²) in [6.45, 7) is 3.13. The molecule has 0 unspecified atom stereocenters. The summed E-state index contributed by atoms with van der Waals surface area (Å²) in [6, 6.07) is 21.1. The van der Waals surface area contributed by atoms with Gasteiger partial charge in [-0.2, -0.15) is 0 Å². The van der Waals surface area contributed by atoms with E-state index in [-0.39, 0.29) is 0 Å². The first-order valence-electron chi connectivity index (χ1n) is 10.8. The average molecular weight is 559 g/mol. The third-order valence-electron chi connectivity index (χ3n) is 5.72. The molecule has 0 saturated carbocycles. The van der Waals surface area contributed by atoms with Gasteiger partial charge >= 0.3 is 5.97 Å². The predicted octanol–water partition coefficient (Wildman–Crippen LogP) is 6.98. The zero-order valence-corrected chi connectivity index (χ0v) is 21.0. The number of halogens is 2. The van der Waals surface area contributed by atoms with Crippen molar-refractivity contribution >= 4 is 59.6 Å². The van der Waals surface area contributed by atoms with E-state index in [2.05, 4.69) is 85.0 Å². The zero-order valence-electron chi connectivity index (χ0n) is 17.9. The van der Waals surface area contributed by atoms with Gasteiger partial charge in [-0.3, -0.25) is 0 Å². The van der Waals surface area contributed by atoms with Crippen LogP contribution in [0.4, 0.5) is 0 Å². The van der Waals surface area contributed by atoms with Crippen LogP contribution in [0.25, 0.3) is 21.8 Å². The van der Waals surface area contributed by atoms with E-state index in [9.17, 15) is 9.90 Å². The number of carbonyl (C=O) groups is 1. The van der Waals surface area contributed by atoms with Crippen molar-refractivity contribution < 1.29 is 14.6 Å². The second kappa shape index (κ2) is 10.2. The molecule has 32 heavy (non-hydrogen) atoms. The van der Waals surface area contributed by atoms with Gasteiger partial charge in [0.15, 0.2) is 6.10 Å². The van der Waals surface area contributed by atoms with Crippen LogP contribution >= 0.6 is 31.9 Å². The number of rotatable bonds is 9. The number of aliphatic carboxylic acids is 1. The molecule has 4 nitrogen and oxygen atoms in total. The summed E-state index contributed by atoms with van der Waals surface area (Å²) in [5.74, 6) is -0.916. The maximum atomic E-state index is 11.3. The lowest BCUT2D eigenvalue weighted by molar-refractivity contribution is -0.149. The van der Waals surface area contributed by atoms with E-state index in [1.165, 1.54) is 27.4 Å². The van der Waals surface area contributed by atoms with Gasteiger partial charge in [-0.15, -0.1) is 0 Å². The van der Waals surface area contributed by atoms with Gasteiger partial charge in [-0.1, -0.05) is 56.1 Å². The molecule has 0 radical (unpaired) electrons. The predicted molar refractivity (Wildman–Crippen MR) is 136 cm³/mol. The fraction of sp³-hybridized carbons (Fsp3) is 0.269. The Morgan fingerprint density at radius 3 is 2.03 bits per heavy atom. The summed E-state index contributed by atoms with van der Waals surface area (Å²) in [4.78, 5) is 11.3. The van der Waals surface area contributed by atoms with Crippen LogP contribution in [0.15, 0.2) is 69.6 Å². The van der Waals surface area contributed by atoms with Crippen LogP contribution in [-0.4, -0.2) is 28.4 Å². The summed E-state index contributed by atoms with van der Waals surface area (Å²) in [5, 5.41) is 11.8. The first kappa shape index (κ1) is 23.0. The minimum Gasteiger partial charge on any atom is -0.479 e. The minimum absolute atomic E-state index is 0.385. The van der Waals surface area contributed by atoms with Gasteiger partial charge in [0, 0.05) is 50.3 Å². The van der Waals surface area contributed by atoms with Gasteiger partial charge in [0.2, 0.25) is 0 Å². The van der Waals surface area contributed by atoms with E-state index in [1.807, 2.05) is 19.1 Å². The molecule has 4 aromatic rings. The molecule has 0 aliphatic carbocycles. The van der Waals surface area contributed by atoms with Crippen molar-refractivity contribution in [2.75, 3.05) is 6.61 Å². The van der Waals surface area contributed by atoms with Crippen molar-refractivity contribution in [3.8, 4) is 0 Å². The SMILES string of the molecule is CCO[C@@H](Cc1ccc(CCCn2c3ccc(Br)cc3c3cc(Br)ccc32)cc1)C(=O)O. The van der Waals surface area contributed by atoms with Gasteiger partial charge in [-0.05, 0) is 67.3 Å². The number of carboxylic acid groups (broad SMARTS) is 1. The molecule has 166 valence electrons. The number of nitrogens with zero attached hydrogens (tertiary/aromatic N) is 1. The lowest BCUT2D eigenvalue weighted by atomic mass is 10.0. The molecule has 0 amide bonds. The Kier molecular flexibility index (Phi) is 7.33. The molecule has 1 aromatic heterocycles. The van der Waals surface area contributed by atoms with Crippen LogP contribution in [0.5, 0.6) is 0 Å². The van der Waals surface area contributed by atoms with Crippen LogP contribution < -0.4 is 0 Å². The second-order valence-corrected chi connectivity index (χ2v) is 9.71. The molecule has 1 N–H and O–H groups in total. The molecular formula is C26H25Br2NO3. The summed E-state index contributed by atoms with van der Waals surface area (Å²) < 4.78 is 9.88. The highest BCUT2D eigenvalue weighted by Crippen LogP contribution is 2.33. The molecule has 4 rings (SSSR count). The number of hydrogen-bond donors (Lipinski definition) is 1. The molecule has 1 heterocycles. The summed E-state index contributed by atoms with van der Waals surface area (Å²) in [6.07, 6.45) is 1.57. The summed E-state index contributed by atoms with van der Waals surface area (Å²) in [5.41, 5.74) is 4.72. The van der Waals surface area contributed by atoms with Crippen LogP contribution in [0, 0.1) is 0 Å². The van der Waals surface area contributed by atoms with Gasteiger partial charge in [0.1, 0.15) is 0 Å². The number of aromatic nitrogens is 1. The molecule has 0 aliphatic heterocycles. The number of fused-ring (bicyclic) bond motifs is 3. The maximum absolute atomic E-state index is 11.3. The van der Waals surface area contributed by atoms with E-state index >= 15 is 0 Å². The highest BCUT2D eigenvalue weighted by atomic mass is 79.9. The first-order chi connectivity index (χ1) is 15.5. The van der Waals surface area contributed by atoms with Crippen molar-refractivity contribution in [2.45, 2.75) is 38.8 Å². The highest BCUT2D eigenvalue weighted by Gasteiger charge is 2.17. The highest BCUT2D eigenvalue weighted by molar-refractivity contribution is 9.10. The Morgan fingerprint density at radius 2 is 1.50 bits per heavy atom. The molecule has 0 saturated heterocycles. The van der Waals surface area contributed by atoms with E-state index in [1.54, 1.807) is 0 Å². The largest absolute Gasteiger partial charge is 0.479 e. The third-order valence-corrected chi connectivity index (χ3v) is 6.71. The fourth-order valence-electron chi connectivity index (χ4n) is 4.21. The number of ether oxygens (including phenoxy) is 1. The van der Waals surface area contributed by atoms with Crippen LogP contribution in [-0.2, 0) is 28.9 Å². The lowest BCUT2D eigenvalue weighted by Crippen LogP contribution is -2.26. The number of benzene rings is 3. The normalized spacial score (nSPS) is 12.5. The van der Waals surface area contributed by atoms with E-state index in [0.29, 0.717) is 13.0 Å². The van der Waals surface area contributed by atoms with Crippen molar-refractivity contribution in [1.82, 2.24) is 4.57 Å². The molecule has 0 spiro atoms. The fourth-order valence-corrected chi connectivity index (χ4v) is 4.93. The van der Waals surface area contributed by atoms with Gasteiger partial charge < -0.3 is 14.4 Å². The Labute approximate surface area is 204 Å². The van der Waals surface area contributed by atoms with E-state index in [0.717, 1.165) is 33.9 Å². The molecule has 3 aromatic carbocycles. The van der Waals surface area contributed by atoms with Crippen molar-refractivity contribution in [3.05, 3.63) is 80.7 Å². The van der Waals surface area contributed by atoms with Crippen LogP contribution in [0.3, 0.4) is 0 Å². The molecular weight excluding hydrogens is 534 g/mol. The summed E-state index contributed by atoms with van der Waals surface area (Å²) >= 11 is 7.21. The molecule has 1 atom stereocenters. The van der Waals surface area contributed by atoms with Crippen LogP contribution in [0.1, 0.15) is 24.5 Å². The summed E-state index contributed by atoms with van der Waals surface area (Å²) in [7, 11) is 0. The van der Waals surface area contributed by atoms with Gasteiger partial charge in [0.05, 0.1) is 0 Å². The molecule has 6 heteroatoms. The Hall–Kier alpha value is -2.15. The van der Waals surface area contributed by atoms with Crippen LogP contribution in [0.2, 0.25) is 0 Å². The minimum atomic E-state index is -0.916. The number of carboxylic acids is 1. The molecule has 0 fully saturated rings. The number of aryl methyl sites for hydroxylation is 2. The molecule has 0 bridgehead atoms. The topological polar surface area (TPSA) is 51.5 Å². The average Bonchev–Trinajstić information content (AvgIpc) is 3.06. The Morgan fingerprint density at radius 1 is 0.938 bits per heavy atom. The quantitative estimate of drug-likeness (QED) is 0.241. The van der Waals surface area contributed by atoms with Gasteiger partial charge in [-0.25, -0.2) is 4.79 Å². The van der Waals surface area contributed by atoms with Gasteiger partial charge in [0.25, 0.3) is 0 Å².